The quantitative estimate of drug-likeness (QED) is 0.461. The van der Waals surface area contributed by atoms with Crippen molar-refractivity contribution in [3.63, 3.8) is 0 Å². The van der Waals surface area contributed by atoms with E-state index >= 15 is 0 Å². The van der Waals surface area contributed by atoms with Crippen molar-refractivity contribution in [3.8, 4) is 11.3 Å². The van der Waals surface area contributed by atoms with Gasteiger partial charge in [-0.3, -0.25) is 14.6 Å². The van der Waals surface area contributed by atoms with Crippen LogP contribution in [0.25, 0.3) is 33.1 Å². The van der Waals surface area contributed by atoms with Gasteiger partial charge < -0.3 is 20.4 Å². The number of primary amides is 1. The van der Waals surface area contributed by atoms with Crippen molar-refractivity contribution >= 4 is 33.5 Å². The zero-order valence-electron chi connectivity index (χ0n) is 18.5. The summed E-state index contributed by atoms with van der Waals surface area (Å²) in [6.07, 6.45) is -4.16. The Morgan fingerprint density at radius 2 is 1.97 bits per heavy atom. The van der Waals surface area contributed by atoms with E-state index in [1.807, 2.05) is 12.1 Å². The molecule has 11 heteroatoms. The van der Waals surface area contributed by atoms with Crippen LogP contribution >= 0.6 is 0 Å². The number of carbonyl (C=O) groups excluding carboxylic acids is 1. The average Bonchev–Trinajstić information content (AvgIpc) is 3.28. The lowest BCUT2D eigenvalue weighted by molar-refractivity contribution is -0.191. The molecule has 0 spiro atoms. The number of para-hydroxylation sites is 1. The normalized spacial score (nSPS) is 18.5. The van der Waals surface area contributed by atoms with E-state index in [0.717, 1.165) is 5.39 Å². The van der Waals surface area contributed by atoms with Crippen molar-refractivity contribution in [1.29, 1.82) is 0 Å². The lowest BCUT2D eigenvalue weighted by Gasteiger charge is -2.22. The monoisotopic (exact) mass is 483 g/mol. The number of pyridine rings is 3. The molecule has 180 valence electrons. The molecule has 1 aromatic carbocycles. The van der Waals surface area contributed by atoms with Crippen molar-refractivity contribution in [2.45, 2.75) is 12.3 Å². The van der Waals surface area contributed by atoms with Crippen molar-refractivity contribution in [2.75, 3.05) is 25.1 Å². The first-order chi connectivity index (χ1) is 16.7. The van der Waals surface area contributed by atoms with Gasteiger partial charge in [-0.15, -0.1) is 0 Å². The van der Waals surface area contributed by atoms with Gasteiger partial charge in [-0.2, -0.15) is 13.2 Å². The number of hydrogen-bond acceptors (Lipinski definition) is 6. The maximum absolute atomic E-state index is 13.7. The summed E-state index contributed by atoms with van der Waals surface area (Å²) >= 11 is 0. The molecule has 4 aromatic rings. The van der Waals surface area contributed by atoms with Gasteiger partial charge in [0.25, 0.3) is 5.91 Å². The number of benzene rings is 1. The Kier molecular flexibility index (Phi) is 5.43. The Bertz CT molecular complexity index is 1520. The van der Waals surface area contributed by atoms with Gasteiger partial charge in [-0.05, 0) is 18.2 Å². The minimum atomic E-state index is -4.44. The average molecular weight is 483 g/mol. The van der Waals surface area contributed by atoms with Crippen LogP contribution in [0.2, 0.25) is 0 Å². The summed E-state index contributed by atoms with van der Waals surface area (Å²) in [4.78, 5) is 38.0. The molecule has 1 aliphatic rings. The van der Waals surface area contributed by atoms with Crippen LogP contribution < -0.4 is 16.1 Å². The Morgan fingerprint density at radius 3 is 2.66 bits per heavy atom. The lowest BCUT2D eigenvalue weighted by Crippen LogP contribution is -2.34. The number of amides is 1. The smallest absolute Gasteiger partial charge is 0.379 e. The van der Waals surface area contributed by atoms with Crippen LogP contribution in [0.15, 0.2) is 53.5 Å². The number of carbonyl (C=O) groups is 1. The van der Waals surface area contributed by atoms with Crippen molar-refractivity contribution < 1.29 is 22.7 Å². The third kappa shape index (κ3) is 3.97. The third-order valence-corrected chi connectivity index (χ3v) is 6.26. The number of hydrogen-bond donors (Lipinski definition) is 2. The largest absolute Gasteiger partial charge is 0.396 e. The standard InChI is InChI=1S/C24H20F3N5O3/c1-35-19-11-32(10-14(19)24(25,26)27)23-13(8-12-4-2-3-5-15(12)31-23)17-9-18(33)20-16(30-17)6-7-29-21(20)22(28)34/h2-9,14,19H,10-11H2,1H3,(H2,28,34)(H,30,33)/t14-,19?/m1/s1. The summed E-state index contributed by atoms with van der Waals surface area (Å²) in [5, 5.41) is 0.784. The van der Waals surface area contributed by atoms with E-state index in [9.17, 15) is 22.8 Å². The molecule has 3 N–H and O–H groups in total. The van der Waals surface area contributed by atoms with Gasteiger partial charge >= 0.3 is 6.18 Å². The Morgan fingerprint density at radius 1 is 1.20 bits per heavy atom. The van der Waals surface area contributed by atoms with E-state index in [0.29, 0.717) is 22.3 Å². The Balaban J connectivity index is 1.71. The molecule has 1 fully saturated rings. The molecule has 1 amide bonds. The highest BCUT2D eigenvalue weighted by Gasteiger charge is 2.50. The molecule has 0 radical (unpaired) electrons. The molecule has 35 heavy (non-hydrogen) atoms. The summed E-state index contributed by atoms with van der Waals surface area (Å²) < 4.78 is 46.2. The van der Waals surface area contributed by atoms with Crippen LogP contribution in [0, 0.1) is 5.92 Å². The molecule has 1 saturated heterocycles. The minimum Gasteiger partial charge on any atom is -0.379 e. The molecule has 3 aromatic heterocycles. The van der Waals surface area contributed by atoms with Crippen molar-refractivity contribution in [1.82, 2.24) is 15.0 Å². The second kappa shape index (κ2) is 8.35. The zero-order chi connectivity index (χ0) is 24.9. The number of aromatic amines is 1. The van der Waals surface area contributed by atoms with Crippen molar-refractivity contribution in [2.24, 2.45) is 11.7 Å². The van der Waals surface area contributed by atoms with E-state index in [1.165, 1.54) is 30.3 Å². The van der Waals surface area contributed by atoms with Crippen molar-refractivity contribution in [3.05, 3.63) is 64.6 Å². The number of nitrogens with zero attached hydrogens (tertiary/aromatic N) is 3. The summed E-state index contributed by atoms with van der Waals surface area (Å²) in [6, 6.07) is 11.8. The number of methoxy groups -OCH3 is 1. The number of fused-ring (bicyclic) bond motifs is 2. The van der Waals surface area contributed by atoms with Crippen LogP contribution in [0.4, 0.5) is 19.0 Å². The fourth-order valence-corrected chi connectivity index (χ4v) is 4.58. The molecule has 5 rings (SSSR count). The second-order valence-electron chi connectivity index (χ2n) is 8.37. The van der Waals surface area contributed by atoms with E-state index < -0.39 is 29.5 Å². The third-order valence-electron chi connectivity index (χ3n) is 6.26. The molecule has 2 atom stereocenters. The number of alkyl halides is 3. The highest BCUT2D eigenvalue weighted by atomic mass is 19.4. The number of nitrogens with one attached hydrogen (secondary N) is 1. The maximum atomic E-state index is 13.7. The SMILES string of the molecule is COC1CN(c2nc3ccccc3cc2-c2cc(=O)c3c(C(N)=O)nccc3[nH]2)C[C@H]1C(F)(F)F. The van der Waals surface area contributed by atoms with E-state index in [-0.39, 0.29) is 30.0 Å². The first-order valence-electron chi connectivity index (χ1n) is 10.7. The molecule has 8 nitrogen and oxygen atoms in total. The first kappa shape index (κ1) is 22.8. The number of ether oxygens (including phenoxy) is 1. The summed E-state index contributed by atoms with van der Waals surface area (Å²) in [5.41, 5.74) is 6.39. The number of anilines is 1. The van der Waals surface area contributed by atoms with Crippen LogP contribution in [0.5, 0.6) is 0 Å². The van der Waals surface area contributed by atoms with Crippen LogP contribution in [0.1, 0.15) is 10.5 Å². The van der Waals surface area contributed by atoms with Gasteiger partial charge in [0.2, 0.25) is 0 Å². The topological polar surface area (TPSA) is 114 Å². The molecule has 0 bridgehead atoms. The van der Waals surface area contributed by atoms with E-state index in [1.54, 1.807) is 18.2 Å². The number of aromatic nitrogens is 3. The molecule has 1 unspecified atom stereocenters. The van der Waals surface area contributed by atoms with Crippen LogP contribution in [-0.2, 0) is 4.74 Å². The molecular weight excluding hydrogens is 463 g/mol. The van der Waals surface area contributed by atoms with Gasteiger partial charge in [-0.25, -0.2) is 4.98 Å². The number of nitrogens with two attached hydrogens (primary N) is 1. The molecule has 1 aliphatic heterocycles. The number of H-pyrrole nitrogens is 1. The summed E-state index contributed by atoms with van der Waals surface area (Å²) in [6.45, 7) is -0.361. The fraction of sp³-hybridized carbons (Fsp3) is 0.250. The van der Waals surface area contributed by atoms with Crippen LogP contribution in [0.3, 0.4) is 0 Å². The Hall–Kier alpha value is -3.99. The van der Waals surface area contributed by atoms with Gasteiger partial charge in [0, 0.05) is 43.4 Å². The highest BCUT2D eigenvalue weighted by molar-refractivity contribution is 6.04. The first-order valence-corrected chi connectivity index (χ1v) is 10.7. The number of rotatable bonds is 4. The minimum absolute atomic E-state index is 0.0213. The fourth-order valence-electron chi connectivity index (χ4n) is 4.58. The summed E-state index contributed by atoms with van der Waals surface area (Å²) in [7, 11) is 1.26. The second-order valence-corrected chi connectivity index (χ2v) is 8.37. The zero-order valence-corrected chi connectivity index (χ0v) is 18.5. The lowest BCUT2D eigenvalue weighted by atomic mass is 10.1. The maximum Gasteiger partial charge on any atom is 0.396 e. The van der Waals surface area contributed by atoms with E-state index in [4.69, 9.17) is 10.5 Å². The molecule has 0 aliphatic carbocycles. The van der Waals surface area contributed by atoms with Gasteiger partial charge in [0.15, 0.2) is 5.43 Å². The van der Waals surface area contributed by atoms with Gasteiger partial charge in [0.05, 0.1) is 28.2 Å². The molecular formula is C24H20F3N5O3. The predicted octanol–water partition coefficient (Wildman–Crippen LogP) is 3.25. The predicted molar refractivity (Wildman–Crippen MR) is 124 cm³/mol. The van der Waals surface area contributed by atoms with E-state index in [2.05, 4.69) is 15.0 Å². The van der Waals surface area contributed by atoms with Gasteiger partial charge in [0.1, 0.15) is 17.4 Å². The molecule has 0 saturated carbocycles. The Labute approximate surface area is 196 Å². The highest BCUT2D eigenvalue weighted by Crippen LogP contribution is 2.40. The van der Waals surface area contributed by atoms with Crippen LogP contribution in [-0.4, -0.2) is 53.3 Å². The number of halogens is 3. The molecule has 4 heterocycles. The summed E-state index contributed by atoms with van der Waals surface area (Å²) in [5.74, 6) is -2.24. The van der Waals surface area contributed by atoms with Gasteiger partial charge in [-0.1, -0.05) is 18.2 Å².